The van der Waals surface area contributed by atoms with Crippen molar-refractivity contribution in [2.24, 2.45) is 0 Å². The van der Waals surface area contributed by atoms with Crippen molar-refractivity contribution >= 4 is 11.9 Å². The summed E-state index contributed by atoms with van der Waals surface area (Å²) in [6, 6.07) is 14.1. The van der Waals surface area contributed by atoms with Crippen LogP contribution in [0.5, 0.6) is 5.75 Å². The first-order chi connectivity index (χ1) is 12.0. The second-order valence-corrected chi connectivity index (χ2v) is 5.62. The van der Waals surface area contributed by atoms with Crippen molar-refractivity contribution in [3.63, 3.8) is 0 Å². The number of benzene rings is 2. The van der Waals surface area contributed by atoms with E-state index in [1.165, 1.54) is 0 Å². The van der Waals surface area contributed by atoms with Gasteiger partial charge in [-0.15, -0.1) is 0 Å². The maximum atomic E-state index is 12.6. The summed E-state index contributed by atoms with van der Waals surface area (Å²) in [7, 11) is 1.59. The average molecular weight is 341 g/mol. The summed E-state index contributed by atoms with van der Waals surface area (Å²) in [5.74, 6) is 0.139. The van der Waals surface area contributed by atoms with E-state index in [2.05, 4.69) is 5.32 Å². The number of esters is 1. The van der Waals surface area contributed by atoms with Crippen molar-refractivity contribution in [2.75, 3.05) is 13.7 Å². The van der Waals surface area contributed by atoms with Crippen LogP contribution in [-0.2, 0) is 9.53 Å². The van der Waals surface area contributed by atoms with Gasteiger partial charge in [-0.3, -0.25) is 9.59 Å². The van der Waals surface area contributed by atoms with Crippen LogP contribution in [-0.4, -0.2) is 25.6 Å². The third kappa shape index (κ3) is 5.08. The number of hydrogen-bond donors (Lipinski definition) is 1. The molecule has 0 fully saturated rings. The first kappa shape index (κ1) is 18.5. The van der Waals surface area contributed by atoms with Gasteiger partial charge >= 0.3 is 5.97 Å². The van der Waals surface area contributed by atoms with Crippen LogP contribution in [0.3, 0.4) is 0 Å². The fraction of sp³-hybridized carbons (Fsp3) is 0.300. The van der Waals surface area contributed by atoms with Crippen LogP contribution in [0.25, 0.3) is 0 Å². The molecule has 0 heterocycles. The first-order valence-electron chi connectivity index (χ1n) is 8.21. The monoisotopic (exact) mass is 341 g/mol. The number of rotatable bonds is 7. The van der Waals surface area contributed by atoms with E-state index in [0.29, 0.717) is 17.9 Å². The summed E-state index contributed by atoms with van der Waals surface area (Å²) in [5, 5.41) is 2.94. The molecule has 0 aliphatic carbocycles. The highest BCUT2D eigenvalue weighted by molar-refractivity contribution is 5.96. The fourth-order valence-corrected chi connectivity index (χ4v) is 2.54. The van der Waals surface area contributed by atoms with Gasteiger partial charge in [0.2, 0.25) is 0 Å². The molecule has 0 saturated heterocycles. The smallest absolute Gasteiger partial charge is 0.308 e. The van der Waals surface area contributed by atoms with Crippen molar-refractivity contribution < 1.29 is 19.1 Å². The Morgan fingerprint density at radius 3 is 2.36 bits per heavy atom. The molecule has 0 bridgehead atoms. The molecule has 0 unspecified atom stereocenters. The van der Waals surface area contributed by atoms with E-state index in [4.69, 9.17) is 9.47 Å². The van der Waals surface area contributed by atoms with Crippen molar-refractivity contribution in [3.05, 3.63) is 65.2 Å². The summed E-state index contributed by atoms with van der Waals surface area (Å²) in [4.78, 5) is 24.6. The van der Waals surface area contributed by atoms with Crippen LogP contribution in [0.4, 0.5) is 0 Å². The topological polar surface area (TPSA) is 64.6 Å². The SMILES string of the molecule is CCOC(=O)C[C@H](NC(=O)c1ccccc1C)c1ccc(OC)cc1. The second kappa shape index (κ2) is 8.87. The Bertz CT molecular complexity index is 725. The van der Waals surface area contributed by atoms with Gasteiger partial charge in [0.15, 0.2) is 0 Å². The van der Waals surface area contributed by atoms with Crippen LogP contribution >= 0.6 is 0 Å². The fourth-order valence-electron chi connectivity index (χ4n) is 2.54. The molecule has 0 saturated carbocycles. The number of amides is 1. The molecule has 0 radical (unpaired) electrons. The Hall–Kier alpha value is -2.82. The number of hydrogen-bond acceptors (Lipinski definition) is 4. The Morgan fingerprint density at radius 1 is 1.08 bits per heavy atom. The lowest BCUT2D eigenvalue weighted by molar-refractivity contribution is -0.143. The second-order valence-electron chi connectivity index (χ2n) is 5.62. The maximum absolute atomic E-state index is 12.6. The lowest BCUT2D eigenvalue weighted by Crippen LogP contribution is -2.31. The number of ether oxygens (including phenoxy) is 2. The van der Waals surface area contributed by atoms with E-state index < -0.39 is 6.04 Å². The zero-order valence-corrected chi connectivity index (χ0v) is 14.7. The summed E-state index contributed by atoms with van der Waals surface area (Å²) in [6.45, 7) is 3.94. The average Bonchev–Trinajstić information content (AvgIpc) is 2.61. The number of carbonyl (C=O) groups excluding carboxylic acids is 2. The van der Waals surface area contributed by atoms with Crippen LogP contribution in [0, 0.1) is 6.92 Å². The molecule has 2 rings (SSSR count). The number of carbonyl (C=O) groups is 2. The molecule has 2 aromatic carbocycles. The number of aryl methyl sites for hydroxylation is 1. The predicted octanol–water partition coefficient (Wildman–Crippen LogP) is 3.43. The molecule has 1 amide bonds. The highest BCUT2D eigenvalue weighted by Gasteiger charge is 2.20. The van der Waals surface area contributed by atoms with Crippen molar-refractivity contribution in [2.45, 2.75) is 26.3 Å². The van der Waals surface area contributed by atoms with Gasteiger partial charge in [0.05, 0.1) is 26.2 Å². The van der Waals surface area contributed by atoms with Gasteiger partial charge in [0.25, 0.3) is 5.91 Å². The van der Waals surface area contributed by atoms with Crippen molar-refractivity contribution in [1.82, 2.24) is 5.32 Å². The zero-order valence-electron chi connectivity index (χ0n) is 14.7. The minimum absolute atomic E-state index is 0.0673. The Labute approximate surface area is 148 Å². The van der Waals surface area contributed by atoms with Crippen LogP contribution < -0.4 is 10.1 Å². The zero-order chi connectivity index (χ0) is 18.2. The first-order valence-corrected chi connectivity index (χ1v) is 8.21. The molecule has 5 heteroatoms. The molecule has 2 aromatic rings. The molecule has 0 aromatic heterocycles. The van der Waals surface area contributed by atoms with E-state index >= 15 is 0 Å². The lowest BCUT2D eigenvalue weighted by Gasteiger charge is -2.19. The summed E-state index contributed by atoms with van der Waals surface area (Å²) in [5.41, 5.74) is 2.28. The predicted molar refractivity (Wildman–Crippen MR) is 95.6 cm³/mol. The number of nitrogens with one attached hydrogen (secondary N) is 1. The molecular weight excluding hydrogens is 318 g/mol. The molecule has 25 heavy (non-hydrogen) atoms. The van der Waals surface area contributed by atoms with Crippen LogP contribution in [0.2, 0.25) is 0 Å². The van der Waals surface area contributed by atoms with Gasteiger partial charge in [-0.25, -0.2) is 0 Å². The number of methoxy groups -OCH3 is 1. The highest BCUT2D eigenvalue weighted by atomic mass is 16.5. The van der Waals surface area contributed by atoms with Gasteiger partial charge < -0.3 is 14.8 Å². The van der Waals surface area contributed by atoms with Crippen LogP contribution in [0.15, 0.2) is 48.5 Å². The third-order valence-corrected chi connectivity index (χ3v) is 3.89. The minimum atomic E-state index is -0.475. The van der Waals surface area contributed by atoms with E-state index in [1.54, 1.807) is 32.2 Å². The lowest BCUT2D eigenvalue weighted by atomic mass is 10.0. The summed E-state index contributed by atoms with van der Waals surface area (Å²) < 4.78 is 10.2. The van der Waals surface area contributed by atoms with Crippen molar-refractivity contribution in [3.8, 4) is 5.75 Å². The van der Waals surface area contributed by atoms with E-state index in [-0.39, 0.29) is 18.3 Å². The highest BCUT2D eigenvalue weighted by Crippen LogP contribution is 2.22. The Balaban J connectivity index is 2.22. The van der Waals surface area contributed by atoms with Gasteiger partial charge in [-0.1, -0.05) is 30.3 Å². The largest absolute Gasteiger partial charge is 0.497 e. The summed E-state index contributed by atoms with van der Waals surface area (Å²) >= 11 is 0. The molecule has 1 N–H and O–H groups in total. The standard InChI is InChI=1S/C20H23NO4/c1-4-25-19(22)13-18(15-9-11-16(24-3)12-10-15)21-20(23)17-8-6-5-7-14(17)2/h5-12,18H,4,13H2,1-3H3,(H,21,23)/t18-/m0/s1. The quantitative estimate of drug-likeness (QED) is 0.784. The third-order valence-electron chi connectivity index (χ3n) is 3.89. The van der Waals surface area contributed by atoms with Gasteiger partial charge in [-0.2, -0.15) is 0 Å². The van der Waals surface area contributed by atoms with E-state index in [9.17, 15) is 9.59 Å². The molecule has 132 valence electrons. The van der Waals surface area contributed by atoms with Gasteiger partial charge in [-0.05, 0) is 43.2 Å². The molecule has 5 nitrogen and oxygen atoms in total. The van der Waals surface area contributed by atoms with E-state index in [1.807, 2.05) is 37.3 Å². The van der Waals surface area contributed by atoms with E-state index in [0.717, 1.165) is 11.1 Å². The Kier molecular flexibility index (Phi) is 6.57. The minimum Gasteiger partial charge on any atom is -0.497 e. The normalized spacial score (nSPS) is 11.5. The Morgan fingerprint density at radius 2 is 1.76 bits per heavy atom. The molecule has 0 aliphatic heterocycles. The van der Waals surface area contributed by atoms with Crippen molar-refractivity contribution in [1.29, 1.82) is 0 Å². The maximum Gasteiger partial charge on any atom is 0.308 e. The van der Waals surface area contributed by atoms with Gasteiger partial charge in [0, 0.05) is 5.56 Å². The van der Waals surface area contributed by atoms with Gasteiger partial charge in [0.1, 0.15) is 5.75 Å². The molecule has 1 atom stereocenters. The molecule has 0 spiro atoms. The molecule has 0 aliphatic rings. The molecular formula is C20H23NO4. The van der Waals surface area contributed by atoms with Crippen LogP contribution in [0.1, 0.15) is 40.9 Å². The summed E-state index contributed by atoms with van der Waals surface area (Å²) in [6.07, 6.45) is 0.0673.